The highest BCUT2D eigenvalue weighted by Crippen LogP contribution is 2.46. The molecule has 3 heterocycles. The summed E-state index contributed by atoms with van der Waals surface area (Å²) < 4.78 is 0. The van der Waals surface area contributed by atoms with Gasteiger partial charge in [0.05, 0.1) is 5.04 Å². The molecule has 4 rings (SSSR count). The minimum absolute atomic E-state index is 0.0216. The molecule has 0 bridgehead atoms. The summed E-state index contributed by atoms with van der Waals surface area (Å²) in [5.74, 6) is -0.293. The summed E-state index contributed by atoms with van der Waals surface area (Å²) >= 11 is 1.65. The summed E-state index contributed by atoms with van der Waals surface area (Å²) in [7, 11) is 0. The molecule has 1 saturated heterocycles. The van der Waals surface area contributed by atoms with Crippen molar-refractivity contribution in [3.05, 3.63) is 10.5 Å². The zero-order chi connectivity index (χ0) is 19.7. The van der Waals surface area contributed by atoms with Crippen LogP contribution in [0.3, 0.4) is 0 Å². The van der Waals surface area contributed by atoms with Gasteiger partial charge in [0, 0.05) is 31.8 Å². The number of carbonyl (C=O) groups excluding carboxylic acids is 3. The number of hydrogen-bond acceptors (Lipinski definition) is 5. The summed E-state index contributed by atoms with van der Waals surface area (Å²) in [5, 5.41) is 0.858. The third-order valence-corrected chi connectivity index (χ3v) is 7.32. The molecule has 0 saturated carbocycles. The molecule has 0 aromatic carbocycles. The Morgan fingerprint density at radius 1 is 1.11 bits per heavy atom. The van der Waals surface area contributed by atoms with Gasteiger partial charge in [0.1, 0.15) is 11.8 Å². The summed E-state index contributed by atoms with van der Waals surface area (Å²) in [4.78, 5) is 48.3. The largest absolute Gasteiger partial charge is 0.369 e. The van der Waals surface area contributed by atoms with Gasteiger partial charge in [-0.15, -0.1) is 0 Å². The Morgan fingerprint density at radius 3 is 2.61 bits per heavy atom. The number of nitrogens with two attached hydrogens (primary N) is 1. The fourth-order valence-corrected chi connectivity index (χ4v) is 5.78. The van der Waals surface area contributed by atoms with Gasteiger partial charge in [-0.25, -0.2) is 4.99 Å². The Hall–Kier alpha value is -1.96. The number of fused-ring (bicyclic) bond motifs is 2. The van der Waals surface area contributed by atoms with Crippen molar-refractivity contribution in [3.63, 3.8) is 0 Å². The molecule has 4 aliphatic rings. The first-order valence-corrected chi connectivity index (χ1v) is 11.0. The number of nitrogens with zero attached hydrogens (tertiary/aromatic N) is 3. The van der Waals surface area contributed by atoms with E-state index in [1.54, 1.807) is 16.7 Å². The average Bonchev–Trinajstić information content (AvgIpc) is 2.88. The smallest absolute Gasteiger partial charge is 0.261 e. The normalized spacial score (nSPS) is 25.6. The molecule has 3 amide bonds. The molecule has 1 aliphatic carbocycles. The van der Waals surface area contributed by atoms with Gasteiger partial charge in [0.15, 0.2) is 0 Å². The van der Waals surface area contributed by atoms with Gasteiger partial charge < -0.3 is 10.6 Å². The third kappa shape index (κ3) is 3.92. The maximum Gasteiger partial charge on any atom is 0.261 e. The Bertz CT molecular complexity index is 793. The monoisotopic (exact) mass is 402 g/mol. The Balaban J connectivity index is 1.33. The van der Waals surface area contributed by atoms with Gasteiger partial charge in [-0.05, 0) is 49.0 Å². The summed E-state index contributed by atoms with van der Waals surface area (Å²) in [6.45, 7) is 1.11. The van der Waals surface area contributed by atoms with Crippen molar-refractivity contribution in [2.24, 2.45) is 27.6 Å². The minimum Gasteiger partial charge on any atom is -0.369 e. The number of allylic oxidation sites excluding steroid dienone is 1. The maximum absolute atomic E-state index is 12.6. The van der Waals surface area contributed by atoms with Gasteiger partial charge in [0.25, 0.3) is 5.91 Å². The summed E-state index contributed by atoms with van der Waals surface area (Å²) in [5.41, 5.74) is 6.58. The number of primary amides is 1. The van der Waals surface area contributed by atoms with Crippen LogP contribution >= 0.6 is 11.8 Å². The molecule has 0 radical (unpaired) electrons. The number of hydrogen-bond donors (Lipinski definition) is 1. The van der Waals surface area contributed by atoms with Crippen LogP contribution in [0.25, 0.3) is 0 Å². The lowest BCUT2D eigenvalue weighted by molar-refractivity contribution is -0.134. The van der Waals surface area contributed by atoms with Gasteiger partial charge in [-0.1, -0.05) is 18.2 Å². The lowest BCUT2D eigenvalue weighted by Gasteiger charge is -2.30. The lowest BCUT2D eigenvalue weighted by Crippen LogP contribution is -2.41. The Labute approximate surface area is 168 Å². The topological polar surface area (TPSA) is 105 Å². The molecular weight excluding hydrogens is 376 g/mol. The van der Waals surface area contributed by atoms with Crippen molar-refractivity contribution in [1.29, 1.82) is 0 Å². The number of carbonyl (C=O) groups is 3. The first-order valence-electron chi connectivity index (χ1n) is 10.2. The molecule has 0 aromatic heterocycles. The van der Waals surface area contributed by atoms with Crippen LogP contribution in [0.1, 0.15) is 57.8 Å². The highest BCUT2D eigenvalue weighted by molar-refractivity contribution is 8.17. The van der Waals surface area contributed by atoms with E-state index in [1.807, 2.05) is 0 Å². The number of thioether (sulfide) groups is 1. The fraction of sp³-hybridized carbons (Fsp3) is 0.650. The van der Waals surface area contributed by atoms with Crippen LogP contribution < -0.4 is 5.73 Å². The standard InChI is InChI=1S/C20H26N4O3S/c21-18(26)12-8-10-24(11-9-12)16(25)7-6-15-22-19(27)17-13-4-2-1-3-5-14(13)28-20(17)23-15/h12,17H,1-11H2,(H2,21,26). The van der Waals surface area contributed by atoms with Crippen LogP contribution in [0, 0.1) is 11.8 Å². The number of rotatable bonds is 4. The molecule has 1 fully saturated rings. The fourth-order valence-electron chi connectivity index (χ4n) is 4.42. The number of amides is 3. The molecule has 2 N–H and O–H groups in total. The van der Waals surface area contributed by atoms with Gasteiger partial charge >= 0.3 is 0 Å². The highest BCUT2D eigenvalue weighted by Gasteiger charge is 2.40. The van der Waals surface area contributed by atoms with Gasteiger partial charge in [-0.3, -0.25) is 14.4 Å². The maximum atomic E-state index is 12.6. The second-order valence-electron chi connectivity index (χ2n) is 7.92. The first kappa shape index (κ1) is 19.4. The molecule has 1 atom stereocenters. The second kappa shape index (κ2) is 8.19. The Morgan fingerprint density at radius 2 is 1.86 bits per heavy atom. The molecule has 3 aliphatic heterocycles. The van der Waals surface area contributed by atoms with Gasteiger partial charge in [0.2, 0.25) is 11.8 Å². The molecule has 8 heteroatoms. The second-order valence-corrected chi connectivity index (χ2v) is 9.03. The van der Waals surface area contributed by atoms with E-state index in [9.17, 15) is 14.4 Å². The zero-order valence-electron chi connectivity index (χ0n) is 16.0. The van der Waals surface area contributed by atoms with E-state index in [-0.39, 0.29) is 36.0 Å². The summed E-state index contributed by atoms with van der Waals surface area (Å²) in [6, 6.07) is 0. The summed E-state index contributed by atoms with van der Waals surface area (Å²) in [6.07, 6.45) is 7.45. The number of aliphatic imine (C=N–C) groups is 2. The van der Waals surface area contributed by atoms with Crippen molar-refractivity contribution < 1.29 is 14.4 Å². The van der Waals surface area contributed by atoms with Crippen LogP contribution in [0.15, 0.2) is 20.5 Å². The van der Waals surface area contributed by atoms with E-state index in [0.717, 1.165) is 24.3 Å². The number of piperidine rings is 1. The molecule has 0 spiro atoms. The predicted octanol–water partition coefficient (Wildman–Crippen LogP) is 2.41. The molecule has 150 valence electrons. The van der Waals surface area contributed by atoms with E-state index in [1.165, 1.54) is 23.3 Å². The molecule has 1 unspecified atom stereocenters. The third-order valence-electron chi connectivity index (χ3n) is 6.07. The van der Waals surface area contributed by atoms with Crippen LogP contribution in [0.2, 0.25) is 0 Å². The van der Waals surface area contributed by atoms with E-state index in [2.05, 4.69) is 9.98 Å². The van der Waals surface area contributed by atoms with Crippen LogP contribution in [0.5, 0.6) is 0 Å². The average molecular weight is 403 g/mol. The van der Waals surface area contributed by atoms with E-state index in [0.29, 0.717) is 38.2 Å². The van der Waals surface area contributed by atoms with E-state index in [4.69, 9.17) is 5.73 Å². The van der Waals surface area contributed by atoms with E-state index < -0.39 is 0 Å². The molecular formula is C20H26N4O3S. The number of likely N-dealkylation sites (tertiary alicyclic amines) is 1. The van der Waals surface area contributed by atoms with Crippen LogP contribution in [-0.4, -0.2) is 46.6 Å². The Kier molecular flexibility index (Phi) is 5.66. The van der Waals surface area contributed by atoms with E-state index >= 15 is 0 Å². The first-order chi connectivity index (χ1) is 13.5. The van der Waals surface area contributed by atoms with Crippen molar-refractivity contribution >= 4 is 40.4 Å². The quantitative estimate of drug-likeness (QED) is 0.779. The molecule has 0 aromatic rings. The highest BCUT2D eigenvalue weighted by atomic mass is 32.2. The predicted molar refractivity (Wildman–Crippen MR) is 109 cm³/mol. The SMILES string of the molecule is NC(=O)C1CCN(C(=O)CCC2=NC(=O)C3C(=N2)SC2=C3CCCCC2)CC1. The molecule has 7 nitrogen and oxygen atoms in total. The van der Waals surface area contributed by atoms with Crippen molar-refractivity contribution in [1.82, 2.24) is 4.90 Å². The van der Waals surface area contributed by atoms with Gasteiger partial charge in [-0.2, -0.15) is 4.99 Å². The molecule has 28 heavy (non-hydrogen) atoms. The minimum atomic E-state index is -0.284. The van der Waals surface area contributed by atoms with Crippen LogP contribution in [0.4, 0.5) is 0 Å². The van der Waals surface area contributed by atoms with Crippen LogP contribution in [-0.2, 0) is 14.4 Å². The van der Waals surface area contributed by atoms with Crippen molar-refractivity contribution in [2.45, 2.75) is 57.8 Å². The van der Waals surface area contributed by atoms with Crippen molar-refractivity contribution in [3.8, 4) is 0 Å². The zero-order valence-corrected chi connectivity index (χ0v) is 16.8. The number of amidine groups is 1. The lowest BCUT2D eigenvalue weighted by atomic mass is 9.94. The van der Waals surface area contributed by atoms with Crippen molar-refractivity contribution in [2.75, 3.05) is 13.1 Å².